The molecular formula is C17H11NO2. The first-order chi connectivity index (χ1) is 9.81. The first-order valence-electron chi connectivity index (χ1n) is 6.26. The molecule has 0 fully saturated rings. The van der Waals surface area contributed by atoms with E-state index in [-0.39, 0.29) is 5.78 Å². The molecule has 0 amide bonds. The second-order valence-corrected chi connectivity index (χ2v) is 4.48. The van der Waals surface area contributed by atoms with Gasteiger partial charge in [-0.15, -0.1) is 0 Å². The minimum Gasteiger partial charge on any atom is -0.464 e. The predicted octanol–water partition coefficient (Wildman–Crippen LogP) is 3.92. The third-order valence-corrected chi connectivity index (χ3v) is 3.27. The van der Waals surface area contributed by atoms with Crippen LogP contribution in [0.15, 0.2) is 65.3 Å². The zero-order chi connectivity index (χ0) is 13.9. The normalized spacial score (nSPS) is 11.9. The van der Waals surface area contributed by atoms with Crippen molar-refractivity contribution in [2.75, 3.05) is 0 Å². The van der Waals surface area contributed by atoms with Crippen molar-refractivity contribution in [2.24, 2.45) is 0 Å². The third-order valence-electron chi connectivity index (χ3n) is 3.27. The highest BCUT2D eigenvalue weighted by atomic mass is 16.3. The molecule has 20 heavy (non-hydrogen) atoms. The van der Waals surface area contributed by atoms with Crippen LogP contribution in [-0.2, 0) is 0 Å². The molecule has 0 saturated heterocycles. The Hall–Kier alpha value is -2.86. The molecule has 3 aromatic rings. The molecule has 0 aliphatic heterocycles. The second kappa shape index (κ2) is 5.02. The van der Waals surface area contributed by atoms with Gasteiger partial charge in [0.15, 0.2) is 5.78 Å². The quantitative estimate of drug-likeness (QED) is 0.671. The van der Waals surface area contributed by atoms with Crippen LogP contribution in [0.1, 0.15) is 21.8 Å². The van der Waals surface area contributed by atoms with E-state index in [0.717, 1.165) is 5.39 Å². The summed E-state index contributed by atoms with van der Waals surface area (Å²) < 4.78 is 5.37. The van der Waals surface area contributed by atoms with Gasteiger partial charge in [-0.2, -0.15) is 5.26 Å². The highest BCUT2D eigenvalue weighted by Gasteiger charge is 2.24. The van der Waals surface area contributed by atoms with Gasteiger partial charge in [-0.3, -0.25) is 4.79 Å². The summed E-state index contributed by atoms with van der Waals surface area (Å²) in [7, 11) is 0. The molecule has 3 rings (SSSR count). The molecule has 1 aromatic heterocycles. The Morgan fingerprint density at radius 3 is 2.50 bits per heavy atom. The highest BCUT2D eigenvalue weighted by molar-refractivity contribution is 6.11. The smallest absolute Gasteiger partial charge is 0.188 e. The van der Waals surface area contributed by atoms with Crippen LogP contribution in [0.5, 0.6) is 0 Å². The van der Waals surface area contributed by atoms with Crippen LogP contribution < -0.4 is 0 Å². The number of nitriles is 1. The molecule has 0 saturated carbocycles. The number of hydrogen-bond donors (Lipinski definition) is 0. The first kappa shape index (κ1) is 12.2. The van der Waals surface area contributed by atoms with Gasteiger partial charge in [-0.25, -0.2) is 0 Å². The fourth-order valence-electron chi connectivity index (χ4n) is 2.25. The molecular weight excluding hydrogens is 250 g/mol. The lowest BCUT2D eigenvalue weighted by Gasteiger charge is -2.07. The molecule has 0 N–H and O–H groups in total. The number of nitrogens with zero attached hydrogens (tertiary/aromatic N) is 1. The number of furan rings is 1. The van der Waals surface area contributed by atoms with Crippen LogP contribution >= 0.6 is 0 Å². The van der Waals surface area contributed by atoms with E-state index < -0.39 is 5.92 Å². The van der Waals surface area contributed by atoms with Crippen LogP contribution in [0.4, 0.5) is 0 Å². The average molecular weight is 261 g/mol. The van der Waals surface area contributed by atoms with Gasteiger partial charge in [0.2, 0.25) is 0 Å². The summed E-state index contributed by atoms with van der Waals surface area (Å²) >= 11 is 0. The molecule has 0 spiro atoms. The van der Waals surface area contributed by atoms with Crippen LogP contribution in [0.3, 0.4) is 0 Å². The zero-order valence-electron chi connectivity index (χ0n) is 10.6. The van der Waals surface area contributed by atoms with Crippen molar-refractivity contribution in [3.63, 3.8) is 0 Å². The van der Waals surface area contributed by atoms with Crippen molar-refractivity contribution >= 4 is 16.8 Å². The Bertz CT molecular complexity index is 796. The van der Waals surface area contributed by atoms with Crippen molar-refractivity contribution in [2.45, 2.75) is 5.92 Å². The van der Waals surface area contributed by atoms with E-state index >= 15 is 0 Å². The van der Waals surface area contributed by atoms with E-state index in [4.69, 9.17) is 4.42 Å². The number of hydrogen-bond acceptors (Lipinski definition) is 3. The number of benzene rings is 2. The maximum Gasteiger partial charge on any atom is 0.188 e. The summed E-state index contributed by atoms with van der Waals surface area (Å²) in [6, 6.07) is 18.5. The summed E-state index contributed by atoms with van der Waals surface area (Å²) in [5.41, 5.74) is 1.81. The van der Waals surface area contributed by atoms with Gasteiger partial charge in [0.1, 0.15) is 17.8 Å². The largest absolute Gasteiger partial charge is 0.464 e. The fraction of sp³-hybridized carbons (Fsp3) is 0.0588. The van der Waals surface area contributed by atoms with Crippen LogP contribution in [0.2, 0.25) is 0 Å². The molecule has 3 nitrogen and oxygen atoms in total. The summed E-state index contributed by atoms with van der Waals surface area (Å²) in [5.74, 6) is -1.04. The molecule has 0 unspecified atom stereocenters. The summed E-state index contributed by atoms with van der Waals surface area (Å²) in [4.78, 5) is 12.6. The van der Waals surface area contributed by atoms with E-state index in [9.17, 15) is 10.1 Å². The predicted molar refractivity (Wildman–Crippen MR) is 75.3 cm³/mol. The van der Waals surface area contributed by atoms with Crippen molar-refractivity contribution in [1.82, 2.24) is 0 Å². The van der Waals surface area contributed by atoms with Crippen molar-refractivity contribution in [3.05, 3.63) is 72.0 Å². The van der Waals surface area contributed by atoms with Crippen molar-refractivity contribution < 1.29 is 9.21 Å². The van der Waals surface area contributed by atoms with Gasteiger partial charge in [0.25, 0.3) is 0 Å². The molecule has 0 aliphatic rings. The Kier molecular flexibility index (Phi) is 3.06. The highest BCUT2D eigenvalue weighted by Crippen LogP contribution is 2.27. The number of Topliss-reactive ketones (excluding diaryl/α,β-unsaturated/α-hetero) is 1. The zero-order valence-corrected chi connectivity index (χ0v) is 10.6. The number of carbonyl (C=O) groups is 1. The van der Waals surface area contributed by atoms with E-state index in [2.05, 4.69) is 6.07 Å². The molecule has 0 aliphatic carbocycles. The van der Waals surface area contributed by atoms with Crippen LogP contribution in [0, 0.1) is 11.3 Å². The van der Waals surface area contributed by atoms with E-state index in [1.54, 1.807) is 18.2 Å². The van der Waals surface area contributed by atoms with Crippen molar-refractivity contribution in [1.29, 1.82) is 5.26 Å². The lowest BCUT2D eigenvalue weighted by Crippen LogP contribution is -2.10. The molecule has 96 valence electrons. The van der Waals surface area contributed by atoms with Crippen LogP contribution in [-0.4, -0.2) is 5.78 Å². The first-order valence-corrected chi connectivity index (χ1v) is 6.26. The maximum atomic E-state index is 12.6. The minimum atomic E-state index is -0.808. The molecule has 2 aromatic carbocycles. The topological polar surface area (TPSA) is 54.0 Å². The number of carbonyl (C=O) groups excluding carboxylic acids is 1. The number of para-hydroxylation sites is 1. The summed E-state index contributed by atoms with van der Waals surface area (Å²) in [5, 5.41) is 10.1. The van der Waals surface area contributed by atoms with E-state index in [1.165, 1.54) is 6.26 Å². The van der Waals surface area contributed by atoms with Crippen LogP contribution in [0.25, 0.3) is 11.0 Å². The van der Waals surface area contributed by atoms with E-state index in [1.807, 2.05) is 36.4 Å². The molecule has 0 radical (unpaired) electrons. The number of ketones is 1. The Morgan fingerprint density at radius 1 is 1.05 bits per heavy atom. The Morgan fingerprint density at radius 2 is 1.75 bits per heavy atom. The number of fused-ring (bicyclic) bond motifs is 1. The maximum absolute atomic E-state index is 12.6. The Balaban J connectivity index is 2.06. The molecule has 3 heteroatoms. The Labute approximate surface area is 116 Å². The monoisotopic (exact) mass is 261 g/mol. The lowest BCUT2D eigenvalue weighted by atomic mass is 9.92. The summed E-state index contributed by atoms with van der Waals surface area (Å²) in [6.07, 6.45) is 1.43. The summed E-state index contributed by atoms with van der Waals surface area (Å²) in [6.45, 7) is 0. The van der Waals surface area contributed by atoms with Gasteiger partial charge in [0.05, 0.1) is 11.6 Å². The van der Waals surface area contributed by atoms with Crippen molar-refractivity contribution in [3.8, 4) is 6.07 Å². The van der Waals surface area contributed by atoms with E-state index in [0.29, 0.717) is 16.7 Å². The van der Waals surface area contributed by atoms with Gasteiger partial charge < -0.3 is 4.42 Å². The van der Waals surface area contributed by atoms with Gasteiger partial charge in [-0.1, -0.05) is 48.5 Å². The standard InChI is InChI=1S/C17H11NO2/c18-10-14(12-6-2-1-3-7-12)17(19)15-11-20-16-9-5-4-8-13(15)16/h1-9,11,14H/t14-/m0/s1. The molecule has 1 atom stereocenters. The molecule has 1 heterocycles. The molecule has 0 bridgehead atoms. The average Bonchev–Trinajstić information content (AvgIpc) is 2.93. The number of rotatable bonds is 3. The minimum absolute atomic E-state index is 0.233. The van der Waals surface area contributed by atoms with Gasteiger partial charge in [-0.05, 0) is 11.6 Å². The fourth-order valence-corrected chi connectivity index (χ4v) is 2.25. The third kappa shape index (κ3) is 1.98. The van der Waals surface area contributed by atoms with Gasteiger partial charge >= 0.3 is 0 Å². The van der Waals surface area contributed by atoms with Gasteiger partial charge in [0, 0.05) is 5.39 Å². The lowest BCUT2D eigenvalue weighted by molar-refractivity contribution is 0.0979. The SMILES string of the molecule is N#C[C@H](C(=O)c1coc2ccccc12)c1ccccc1. The second-order valence-electron chi connectivity index (χ2n) is 4.48.